The van der Waals surface area contributed by atoms with E-state index in [1.54, 1.807) is 25.1 Å². The Labute approximate surface area is 126 Å². The molecule has 22 heavy (non-hydrogen) atoms. The first-order chi connectivity index (χ1) is 10.5. The quantitative estimate of drug-likeness (QED) is 0.828. The third-order valence-electron chi connectivity index (χ3n) is 3.04. The summed E-state index contributed by atoms with van der Waals surface area (Å²) in [5.74, 6) is 0.107. The topological polar surface area (TPSA) is 103 Å². The predicted molar refractivity (Wildman–Crippen MR) is 86.7 cm³/mol. The van der Waals surface area contributed by atoms with Crippen molar-refractivity contribution in [3.63, 3.8) is 0 Å². The van der Waals surface area contributed by atoms with Gasteiger partial charge in [0, 0.05) is 19.5 Å². The Morgan fingerprint density at radius 3 is 2.45 bits per heavy atom. The zero-order chi connectivity index (χ0) is 16.3. The highest BCUT2D eigenvalue weighted by Gasteiger charge is 2.12. The summed E-state index contributed by atoms with van der Waals surface area (Å²) in [6.07, 6.45) is 4.55. The molecule has 0 spiro atoms. The van der Waals surface area contributed by atoms with Crippen molar-refractivity contribution in [1.29, 1.82) is 0 Å². The molecule has 1 heterocycles. The SMILES string of the molecule is C/C=C/n1c(N)c(N=Cc2ccc(O)cc2)c(=O)n(C)c1=O. The van der Waals surface area contributed by atoms with Crippen LogP contribution in [-0.4, -0.2) is 20.5 Å². The van der Waals surface area contributed by atoms with Crippen molar-refractivity contribution in [2.75, 3.05) is 5.73 Å². The van der Waals surface area contributed by atoms with Gasteiger partial charge in [-0.2, -0.15) is 0 Å². The van der Waals surface area contributed by atoms with Gasteiger partial charge in [0.25, 0.3) is 5.56 Å². The molecule has 0 radical (unpaired) electrons. The molecule has 0 bridgehead atoms. The number of aliphatic imine (C=N–C) groups is 1. The number of benzene rings is 1. The van der Waals surface area contributed by atoms with Crippen LogP contribution in [0.25, 0.3) is 6.20 Å². The number of allylic oxidation sites excluding steroid dienone is 1. The van der Waals surface area contributed by atoms with E-state index >= 15 is 0 Å². The molecule has 0 aliphatic rings. The van der Waals surface area contributed by atoms with Crippen LogP contribution in [0, 0.1) is 0 Å². The third-order valence-corrected chi connectivity index (χ3v) is 3.04. The van der Waals surface area contributed by atoms with Crippen LogP contribution in [-0.2, 0) is 7.05 Å². The lowest BCUT2D eigenvalue weighted by Crippen LogP contribution is -2.37. The molecule has 1 aromatic heterocycles. The van der Waals surface area contributed by atoms with Crippen molar-refractivity contribution in [2.45, 2.75) is 6.92 Å². The number of rotatable bonds is 3. The van der Waals surface area contributed by atoms with E-state index in [0.717, 1.165) is 9.13 Å². The van der Waals surface area contributed by atoms with Crippen LogP contribution in [0.4, 0.5) is 11.5 Å². The Morgan fingerprint density at radius 2 is 1.86 bits per heavy atom. The Morgan fingerprint density at radius 1 is 1.23 bits per heavy atom. The van der Waals surface area contributed by atoms with E-state index in [-0.39, 0.29) is 17.3 Å². The van der Waals surface area contributed by atoms with E-state index in [4.69, 9.17) is 5.73 Å². The lowest BCUT2D eigenvalue weighted by molar-refractivity contribution is 0.475. The van der Waals surface area contributed by atoms with Gasteiger partial charge in [0.05, 0.1) is 0 Å². The summed E-state index contributed by atoms with van der Waals surface area (Å²) in [6, 6.07) is 6.29. The van der Waals surface area contributed by atoms with E-state index < -0.39 is 11.2 Å². The summed E-state index contributed by atoms with van der Waals surface area (Å²) in [6.45, 7) is 1.73. The summed E-state index contributed by atoms with van der Waals surface area (Å²) < 4.78 is 2.10. The molecule has 0 saturated carbocycles. The molecular formula is C15H16N4O3. The van der Waals surface area contributed by atoms with Crippen molar-refractivity contribution < 1.29 is 5.11 Å². The lowest BCUT2D eigenvalue weighted by Gasteiger charge is -2.09. The average molecular weight is 300 g/mol. The molecule has 0 aliphatic carbocycles. The summed E-state index contributed by atoms with van der Waals surface area (Å²) in [4.78, 5) is 28.2. The van der Waals surface area contributed by atoms with Gasteiger partial charge in [-0.3, -0.25) is 13.9 Å². The van der Waals surface area contributed by atoms with Gasteiger partial charge in [0.15, 0.2) is 5.69 Å². The maximum Gasteiger partial charge on any atom is 0.336 e. The Kier molecular flexibility index (Phi) is 4.26. The molecule has 7 nitrogen and oxygen atoms in total. The van der Waals surface area contributed by atoms with Gasteiger partial charge in [0.1, 0.15) is 11.6 Å². The van der Waals surface area contributed by atoms with E-state index in [1.165, 1.54) is 31.6 Å². The molecular weight excluding hydrogens is 284 g/mol. The number of phenols is 1. The van der Waals surface area contributed by atoms with Gasteiger partial charge < -0.3 is 10.8 Å². The summed E-state index contributed by atoms with van der Waals surface area (Å²) >= 11 is 0. The smallest absolute Gasteiger partial charge is 0.336 e. The maximum atomic E-state index is 12.1. The van der Waals surface area contributed by atoms with Crippen molar-refractivity contribution in [3.8, 4) is 5.75 Å². The van der Waals surface area contributed by atoms with E-state index in [0.29, 0.717) is 5.56 Å². The predicted octanol–water partition coefficient (Wildman–Crippen LogP) is 1.08. The van der Waals surface area contributed by atoms with E-state index in [1.807, 2.05) is 0 Å². The standard InChI is InChI=1S/C15H16N4O3/c1-3-8-19-13(16)12(14(21)18(2)15(19)22)17-9-10-4-6-11(20)7-5-10/h3-9,20H,16H2,1-2H3/b8-3+,17-9?. The van der Waals surface area contributed by atoms with Crippen LogP contribution in [0.2, 0.25) is 0 Å². The molecule has 0 saturated heterocycles. The number of hydrogen-bond donors (Lipinski definition) is 2. The van der Waals surface area contributed by atoms with Crippen LogP contribution in [0.5, 0.6) is 5.75 Å². The van der Waals surface area contributed by atoms with Crippen molar-refractivity contribution in [2.24, 2.45) is 12.0 Å². The molecule has 0 fully saturated rings. The third kappa shape index (κ3) is 2.83. The van der Waals surface area contributed by atoms with Crippen LogP contribution < -0.4 is 17.0 Å². The van der Waals surface area contributed by atoms with Crippen LogP contribution in [0.15, 0.2) is 44.9 Å². The van der Waals surface area contributed by atoms with Crippen molar-refractivity contribution in [3.05, 3.63) is 56.7 Å². The summed E-state index contributed by atoms with van der Waals surface area (Å²) in [5.41, 5.74) is 5.43. The summed E-state index contributed by atoms with van der Waals surface area (Å²) in [5, 5.41) is 9.23. The number of nitrogens with zero attached hydrogens (tertiary/aromatic N) is 3. The molecule has 0 aliphatic heterocycles. The average Bonchev–Trinajstić information content (AvgIpc) is 2.51. The molecule has 3 N–H and O–H groups in total. The highest BCUT2D eigenvalue weighted by molar-refractivity contribution is 5.83. The second kappa shape index (κ2) is 6.13. The monoisotopic (exact) mass is 300 g/mol. The minimum absolute atomic E-state index is 0.0201. The summed E-state index contributed by atoms with van der Waals surface area (Å²) in [7, 11) is 1.36. The van der Waals surface area contributed by atoms with Gasteiger partial charge in [-0.05, 0) is 36.8 Å². The number of anilines is 1. The minimum atomic E-state index is -0.571. The number of nitrogen functional groups attached to an aromatic ring is 1. The van der Waals surface area contributed by atoms with Crippen LogP contribution >= 0.6 is 0 Å². The Balaban J connectivity index is 2.58. The van der Waals surface area contributed by atoms with E-state index in [2.05, 4.69) is 4.99 Å². The van der Waals surface area contributed by atoms with Gasteiger partial charge >= 0.3 is 5.69 Å². The number of hydrogen-bond acceptors (Lipinski definition) is 5. The number of aromatic nitrogens is 2. The number of phenolic OH excluding ortho intramolecular Hbond substituents is 1. The molecule has 2 aromatic rings. The van der Waals surface area contributed by atoms with Gasteiger partial charge in [-0.25, -0.2) is 9.79 Å². The lowest BCUT2D eigenvalue weighted by atomic mass is 10.2. The Hall–Kier alpha value is -3.09. The molecule has 0 amide bonds. The molecule has 114 valence electrons. The molecule has 0 atom stereocenters. The fourth-order valence-corrected chi connectivity index (χ4v) is 1.85. The first-order valence-corrected chi connectivity index (χ1v) is 6.52. The fourth-order valence-electron chi connectivity index (χ4n) is 1.85. The second-order valence-corrected chi connectivity index (χ2v) is 4.58. The first kappa shape index (κ1) is 15.3. The fraction of sp³-hybridized carbons (Fsp3) is 0.133. The maximum absolute atomic E-state index is 12.1. The van der Waals surface area contributed by atoms with Gasteiger partial charge in [-0.1, -0.05) is 6.08 Å². The molecule has 0 unspecified atom stereocenters. The van der Waals surface area contributed by atoms with Crippen LogP contribution in [0.3, 0.4) is 0 Å². The number of nitrogens with two attached hydrogens (primary N) is 1. The van der Waals surface area contributed by atoms with Crippen molar-refractivity contribution >= 4 is 23.9 Å². The molecule has 1 aromatic carbocycles. The highest BCUT2D eigenvalue weighted by Crippen LogP contribution is 2.15. The molecule has 7 heteroatoms. The van der Waals surface area contributed by atoms with Gasteiger partial charge in [-0.15, -0.1) is 0 Å². The number of aromatic hydroxyl groups is 1. The van der Waals surface area contributed by atoms with Crippen LogP contribution in [0.1, 0.15) is 12.5 Å². The second-order valence-electron chi connectivity index (χ2n) is 4.58. The Bertz CT molecular complexity index is 858. The minimum Gasteiger partial charge on any atom is -0.508 e. The first-order valence-electron chi connectivity index (χ1n) is 6.52. The zero-order valence-electron chi connectivity index (χ0n) is 12.2. The molecule has 2 rings (SSSR count). The zero-order valence-corrected chi connectivity index (χ0v) is 12.2. The van der Waals surface area contributed by atoms with E-state index in [9.17, 15) is 14.7 Å². The van der Waals surface area contributed by atoms with Gasteiger partial charge in [0.2, 0.25) is 0 Å². The largest absolute Gasteiger partial charge is 0.508 e. The van der Waals surface area contributed by atoms with Crippen molar-refractivity contribution in [1.82, 2.24) is 9.13 Å². The normalized spacial score (nSPS) is 11.5. The highest BCUT2D eigenvalue weighted by atomic mass is 16.3.